The first-order valence-corrected chi connectivity index (χ1v) is 12.1. The van der Waals surface area contributed by atoms with Crippen molar-refractivity contribution in [3.05, 3.63) is 39.8 Å². The molecule has 1 aliphatic rings. The number of hydrogen-bond donors (Lipinski definition) is 0. The van der Waals surface area contributed by atoms with Crippen LogP contribution in [-0.2, 0) is 26.2 Å². The zero-order chi connectivity index (χ0) is 19.3. The molecule has 0 fully saturated rings. The van der Waals surface area contributed by atoms with Gasteiger partial charge in [0.2, 0.25) is 0 Å². The van der Waals surface area contributed by atoms with Crippen LogP contribution in [0.3, 0.4) is 0 Å². The van der Waals surface area contributed by atoms with Gasteiger partial charge in [-0.1, -0.05) is 59.3 Å². The average Bonchev–Trinajstić information content (AvgIpc) is 3.06. The summed E-state index contributed by atoms with van der Waals surface area (Å²) in [5.41, 5.74) is 19.8. The molecule has 1 rings (SSSR count). The van der Waals surface area contributed by atoms with Crippen LogP contribution in [0.15, 0.2) is 16.6 Å². The fraction of sp³-hybridized carbons (Fsp3) is 0.765. The molecule has 0 saturated carbocycles. The first-order valence-electron chi connectivity index (χ1n) is 8.63. The summed E-state index contributed by atoms with van der Waals surface area (Å²) in [6, 6.07) is 0. The molecule has 0 aliphatic heterocycles. The van der Waals surface area contributed by atoms with Crippen LogP contribution in [0.4, 0.5) is 10.5 Å². The standard InChI is InChI=1S/C5H4F3Ge.3C4H10N.Zr/c6-9(7,8)5-3-1-2-4-5;3*1-2-3-4-5;/h1,3H,2H2;3*5H,2-4H2,1H3;/q4*-1;+4. The quantitative estimate of drug-likeness (QED) is 0.255. The molecule has 0 aromatic rings. The van der Waals surface area contributed by atoms with Crippen LogP contribution in [0, 0.1) is 6.08 Å². The molecule has 146 valence electrons. The summed E-state index contributed by atoms with van der Waals surface area (Å²) < 4.78 is 34.9. The van der Waals surface area contributed by atoms with E-state index in [9.17, 15) is 10.5 Å². The molecule has 25 heavy (non-hydrogen) atoms. The van der Waals surface area contributed by atoms with Gasteiger partial charge in [0, 0.05) is 0 Å². The van der Waals surface area contributed by atoms with E-state index in [0.29, 0.717) is 26.1 Å². The molecule has 8 heteroatoms. The SMILES string of the molecule is CCCC[NH-].CCCC[NH-].CCCC[NH-].[F][Ge]([F])([F])[C]1=[C-]CC=C1.[Zr+4]. The normalized spacial score (nSPS) is 11.6. The fourth-order valence-corrected chi connectivity index (χ4v) is 2.41. The summed E-state index contributed by atoms with van der Waals surface area (Å²) in [6.07, 6.45) is 11.8. The zero-order valence-electron chi connectivity index (χ0n) is 15.9. The predicted octanol–water partition coefficient (Wildman–Crippen LogP) is 7.58. The second-order valence-corrected chi connectivity index (χ2v) is 8.22. The molecule has 1 aliphatic carbocycles. The van der Waals surface area contributed by atoms with E-state index in [1.165, 1.54) is 6.08 Å². The summed E-state index contributed by atoms with van der Waals surface area (Å²) >= 11 is -5.96. The topological polar surface area (TPSA) is 71.4 Å². The van der Waals surface area contributed by atoms with Crippen LogP contribution in [0.5, 0.6) is 0 Å². The second kappa shape index (κ2) is 26.8. The van der Waals surface area contributed by atoms with Crippen molar-refractivity contribution < 1.29 is 36.7 Å². The van der Waals surface area contributed by atoms with E-state index in [0.717, 1.165) is 44.6 Å². The first-order chi connectivity index (χ1) is 11.3. The van der Waals surface area contributed by atoms with Crippen LogP contribution in [0.1, 0.15) is 65.7 Å². The van der Waals surface area contributed by atoms with Gasteiger partial charge < -0.3 is 17.2 Å². The number of unbranched alkanes of at least 4 members (excludes halogenated alkanes) is 3. The number of rotatable bonds is 7. The minimum atomic E-state index is -5.96. The van der Waals surface area contributed by atoms with Gasteiger partial charge in [-0.15, -0.1) is 0 Å². The van der Waals surface area contributed by atoms with Crippen LogP contribution in [0.2, 0.25) is 0 Å². The van der Waals surface area contributed by atoms with E-state index >= 15 is 0 Å². The molecule has 0 spiro atoms. The third kappa shape index (κ3) is 32.7. The Labute approximate surface area is 176 Å². The van der Waals surface area contributed by atoms with E-state index in [-0.39, 0.29) is 26.2 Å². The predicted molar refractivity (Wildman–Crippen MR) is 102 cm³/mol. The van der Waals surface area contributed by atoms with Crippen molar-refractivity contribution in [3.8, 4) is 0 Å². The minimum absolute atomic E-state index is 0. The number of halogens is 3. The Morgan fingerprint density at radius 2 is 1.24 bits per heavy atom. The molecule has 3 N–H and O–H groups in total. The fourth-order valence-electron chi connectivity index (χ4n) is 1.13. The summed E-state index contributed by atoms with van der Waals surface area (Å²) in [4.78, 5) is 0. The van der Waals surface area contributed by atoms with Gasteiger partial charge in [-0.2, -0.15) is 19.6 Å². The second-order valence-electron chi connectivity index (χ2n) is 5.01. The van der Waals surface area contributed by atoms with Crippen LogP contribution in [-0.4, -0.2) is 34.3 Å². The first kappa shape index (κ1) is 33.2. The van der Waals surface area contributed by atoms with E-state index < -0.39 is 19.1 Å². The Morgan fingerprint density at radius 3 is 1.32 bits per heavy atom. The van der Waals surface area contributed by atoms with Crippen LogP contribution in [0.25, 0.3) is 17.2 Å². The number of nitrogens with one attached hydrogen (secondary N) is 3. The molecule has 0 bridgehead atoms. The third-order valence-corrected chi connectivity index (χ3v) is 4.59. The van der Waals surface area contributed by atoms with E-state index in [1.807, 2.05) is 0 Å². The van der Waals surface area contributed by atoms with Crippen LogP contribution < -0.4 is 0 Å². The molecule has 0 aromatic heterocycles. The van der Waals surface area contributed by atoms with Gasteiger partial charge in [0.1, 0.15) is 0 Å². The number of hydrogen-bond acceptors (Lipinski definition) is 0. The van der Waals surface area contributed by atoms with Crippen molar-refractivity contribution in [2.24, 2.45) is 0 Å². The molecular weight excluding hydrogens is 467 g/mol. The maximum Gasteiger partial charge on any atom is 4.00 e. The van der Waals surface area contributed by atoms with Crippen molar-refractivity contribution in [1.29, 1.82) is 0 Å². The number of allylic oxidation sites excluding steroid dienone is 4. The average molecular weight is 501 g/mol. The third-order valence-electron chi connectivity index (χ3n) is 2.59. The Balaban J connectivity index is -0.000000122. The van der Waals surface area contributed by atoms with Gasteiger partial charge in [-0.25, -0.2) is 0 Å². The van der Waals surface area contributed by atoms with Gasteiger partial charge in [0.15, 0.2) is 0 Å². The van der Waals surface area contributed by atoms with Gasteiger partial charge in [-0.3, -0.25) is 0 Å². The van der Waals surface area contributed by atoms with Crippen molar-refractivity contribution >= 4 is 14.7 Å². The van der Waals surface area contributed by atoms with E-state index in [1.54, 1.807) is 0 Å². The van der Waals surface area contributed by atoms with Crippen molar-refractivity contribution in [2.45, 2.75) is 65.7 Å². The molecule has 0 radical (unpaired) electrons. The van der Waals surface area contributed by atoms with Gasteiger partial charge >= 0.3 is 80.4 Å². The van der Waals surface area contributed by atoms with Gasteiger partial charge in [0.25, 0.3) is 0 Å². The van der Waals surface area contributed by atoms with Crippen molar-refractivity contribution in [1.82, 2.24) is 0 Å². The molecule has 0 saturated heterocycles. The molecule has 0 atom stereocenters. The maximum absolute atomic E-state index is 11.8. The van der Waals surface area contributed by atoms with Gasteiger partial charge in [0.05, 0.1) is 0 Å². The zero-order valence-corrected chi connectivity index (χ0v) is 20.4. The van der Waals surface area contributed by atoms with Crippen molar-refractivity contribution in [3.63, 3.8) is 0 Å². The Kier molecular flexibility index (Phi) is 35.6. The molecule has 0 amide bonds. The molecule has 0 unspecified atom stereocenters. The maximum atomic E-state index is 11.8. The van der Waals surface area contributed by atoms with Gasteiger partial charge in [-0.05, 0) is 0 Å². The smallest absolute Gasteiger partial charge is 4.00 e. The molecule has 3 nitrogen and oxygen atoms in total. The molecule has 0 heterocycles. The summed E-state index contributed by atoms with van der Waals surface area (Å²) in [7, 11) is 0. The Hall–Kier alpha value is 0.576. The summed E-state index contributed by atoms with van der Waals surface area (Å²) in [5, 5.41) is 0. The summed E-state index contributed by atoms with van der Waals surface area (Å²) in [6.45, 7) is 8.06. The minimum Gasteiger partial charge on any atom is 4.00 e. The molecular formula is C17H34F3GeN3Zr. The van der Waals surface area contributed by atoms with E-state index in [4.69, 9.17) is 17.2 Å². The van der Waals surface area contributed by atoms with E-state index in [2.05, 4.69) is 26.8 Å². The monoisotopic (exact) mass is 501 g/mol. The van der Waals surface area contributed by atoms with Crippen LogP contribution >= 0.6 is 0 Å². The Bertz CT molecular complexity index is 279. The largest absolute Gasteiger partial charge is 4.00 e. The summed E-state index contributed by atoms with van der Waals surface area (Å²) in [5.74, 6) is 0. The van der Waals surface area contributed by atoms with Crippen molar-refractivity contribution in [2.75, 3.05) is 19.6 Å². The molecule has 0 aromatic carbocycles. The Morgan fingerprint density at radius 1 is 0.880 bits per heavy atom.